The van der Waals surface area contributed by atoms with Gasteiger partial charge in [0.05, 0.1) is 21.1 Å². The van der Waals surface area contributed by atoms with Crippen LogP contribution in [-0.4, -0.2) is 21.6 Å². The largest absolute Gasteiger partial charge is 0.372 e. The van der Waals surface area contributed by atoms with E-state index in [0.29, 0.717) is 21.7 Å². The van der Waals surface area contributed by atoms with Gasteiger partial charge in [0.15, 0.2) is 5.82 Å². The first-order chi connectivity index (χ1) is 9.20. The number of imidazole rings is 1. The summed E-state index contributed by atoms with van der Waals surface area (Å²) in [7, 11) is 1.76. The van der Waals surface area contributed by atoms with Crippen molar-refractivity contribution in [2.75, 3.05) is 12.4 Å². The Hall–Kier alpha value is -1.78. The lowest BCUT2D eigenvalue weighted by atomic mass is 10.3. The number of halogens is 2. The maximum Gasteiger partial charge on any atom is 0.159 e. The second-order valence-electron chi connectivity index (χ2n) is 3.98. The topological polar surface area (TPSA) is 42.7 Å². The van der Waals surface area contributed by atoms with Crippen molar-refractivity contribution in [3.8, 4) is 5.82 Å². The Kier molecular flexibility index (Phi) is 3.05. The van der Waals surface area contributed by atoms with Crippen LogP contribution in [0.5, 0.6) is 0 Å². The first-order valence-corrected chi connectivity index (χ1v) is 6.42. The molecule has 3 rings (SSSR count). The summed E-state index contributed by atoms with van der Waals surface area (Å²) in [4.78, 5) is 8.76. The van der Waals surface area contributed by atoms with E-state index in [2.05, 4.69) is 15.3 Å². The molecule has 2 heterocycles. The van der Waals surface area contributed by atoms with Crippen LogP contribution in [0.15, 0.2) is 36.7 Å². The van der Waals surface area contributed by atoms with Crippen molar-refractivity contribution in [1.29, 1.82) is 0 Å². The molecule has 1 aromatic carbocycles. The number of para-hydroxylation sites is 2. The molecule has 0 saturated heterocycles. The molecule has 1 N–H and O–H groups in total. The quantitative estimate of drug-likeness (QED) is 0.782. The van der Waals surface area contributed by atoms with Crippen LogP contribution in [0.4, 0.5) is 5.82 Å². The van der Waals surface area contributed by atoms with Crippen LogP contribution in [0.1, 0.15) is 0 Å². The van der Waals surface area contributed by atoms with Crippen LogP contribution in [0.2, 0.25) is 10.0 Å². The van der Waals surface area contributed by atoms with Gasteiger partial charge in [0.1, 0.15) is 12.1 Å². The van der Waals surface area contributed by atoms with Crippen molar-refractivity contribution in [3.05, 3.63) is 46.7 Å². The van der Waals surface area contributed by atoms with Crippen LogP contribution in [0.25, 0.3) is 16.9 Å². The predicted molar refractivity (Wildman–Crippen MR) is 78.4 cm³/mol. The number of nitrogens with zero attached hydrogens (tertiary/aromatic N) is 3. The molecule has 0 atom stereocenters. The minimum Gasteiger partial charge on any atom is -0.372 e. The van der Waals surface area contributed by atoms with Crippen molar-refractivity contribution in [2.24, 2.45) is 0 Å². The molecule has 2 aromatic heterocycles. The van der Waals surface area contributed by atoms with Gasteiger partial charge in [-0.3, -0.25) is 4.57 Å². The molecule has 0 saturated carbocycles. The Morgan fingerprint density at radius 2 is 1.95 bits per heavy atom. The zero-order chi connectivity index (χ0) is 13.4. The lowest BCUT2D eigenvalue weighted by molar-refractivity contribution is 1.02. The van der Waals surface area contributed by atoms with Gasteiger partial charge >= 0.3 is 0 Å². The lowest BCUT2D eigenvalue weighted by Gasteiger charge is -2.09. The highest BCUT2D eigenvalue weighted by Crippen LogP contribution is 2.29. The Balaban J connectivity index is 2.27. The second kappa shape index (κ2) is 4.72. The van der Waals surface area contributed by atoms with E-state index in [4.69, 9.17) is 23.2 Å². The van der Waals surface area contributed by atoms with E-state index < -0.39 is 0 Å². The Morgan fingerprint density at radius 1 is 1.16 bits per heavy atom. The maximum absolute atomic E-state index is 6.23. The Bertz CT molecular complexity index is 751. The van der Waals surface area contributed by atoms with Crippen LogP contribution in [0, 0.1) is 0 Å². The molecule has 3 aromatic rings. The van der Waals surface area contributed by atoms with Gasteiger partial charge in [-0.05, 0) is 18.2 Å². The summed E-state index contributed by atoms with van der Waals surface area (Å²) < 4.78 is 1.84. The van der Waals surface area contributed by atoms with E-state index in [1.165, 1.54) is 0 Å². The van der Waals surface area contributed by atoms with E-state index >= 15 is 0 Å². The molecular weight excluding hydrogens is 283 g/mol. The molecule has 6 heteroatoms. The summed E-state index contributed by atoms with van der Waals surface area (Å²) in [6.07, 6.45) is 1.70. The van der Waals surface area contributed by atoms with E-state index in [-0.39, 0.29) is 0 Å². The molecule has 0 bridgehead atoms. The number of nitrogens with one attached hydrogen (secondary N) is 1. The third-order valence-electron chi connectivity index (χ3n) is 2.83. The molecule has 0 aliphatic carbocycles. The summed E-state index contributed by atoms with van der Waals surface area (Å²) in [6.45, 7) is 0. The van der Waals surface area contributed by atoms with Gasteiger partial charge in [-0.1, -0.05) is 35.3 Å². The summed E-state index contributed by atoms with van der Waals surface area (Å²) in [5.74, 6) is 1.18. The minimum absolute atomic E-state index is 0.479. The molecule has 0 radical (unpaired) electrons. The highest BCUT2D eigenvalue weighted by molar-refractivity contribution is 6.36. The number of benzene rings is 1. The molecule has 0 fully saturated rings. The lowest BCUT2D eigenvalue weighted by Crippen LogP contribution is -2.01. The van der Waals surface area contributed by atoms with Crippen LogP contribution in [-0.2, 0) is 0 Å². The van der Waals surface area contributed by atoms with Gasteiger partial charge in [0, 0.05) is 7.05 Å². The second-order valence-corrected chi connectivity index (χ2v) is 4.79. The van der Waals surface area contributed by atoms with Gasteiger partial charge in [-0.2, -0.15) is 0 Å². The third kappa shape index (κ3) is 2.03. The fourth-order valence-corrected chi connectivity index (χ4v) is 2.47. The molecular formula is C13H10Cl2N4. The third-order valence-corrected chi connectivity index (χ3v) is 3.40. The summed E-state index contributed by atoms with van der Waals surface area (Å²) in [5.41, 5.74) is 1.84. The Morgan fingerprint density at radius 3 is 2.74 bits per heavy atom. The van der Waals surface area contributed by atoms with Gasteiger partial charge in [-0.25, -0.2) is 9.97 Å². The van der Waals surface area contributed by atoms with E-state index in [1.54, 1.807) is 19.4 Å². The molecule has 19 heavy (non-hydrogen) atoms. The molecule has 96 valence electrons. The van der Waals surface area contributed by atoms with Crippen molar-refractivity contribution < 1.29 is 0 Å². The van der Waals surface area contributed by atoms with Gasteiger partial charge < -0.3 is 5.32 Å². The normalized spacial score (nSPS) is 10.9. The van der Waals surface area contributed by atoms with Crippen molar-refractivity contribution in [1.82, 2.24) is 14.5 Å². The first kappa shape index (κ1) is 12.3. The zero-order valence-corrected chi connectivity index (χ0v) is 11.6. The van der Waals surface area contributed by atoms with Crippen molar-refractivity contribution in [3.63, 3.8) is 0 Å². The summed E-state index contributed by atoms with van der Waals surface area (Å²) in [5, 5.41) is 3.90. The number of pyridine rings is 1. The number of aromatic nitrogens is 3. The predicted octanol–water partition coefficient (Wildman–Crippen LogP) is 3.77. The first-order valence-electron chi connectivity index (χ1n) is 5.67. The highest BCUT2D eigenvalue weighted by Gasteiger charge is 2.12. The molecule has 0 aliphatic heterocycles. The van der Waals surface area contributed by atoms with Gasteiger partial charge in [0.2, 0.25) is 0 Å². The molecule has 0 amide bonds. The van der Waals surface area contributed by atoms with E-state index in [1.807, 2.05) is 28.8 Å². The highest BCUT2D eigenvalue weighted by atomic mass is 35.5. The number of hydrogen-bond donors (Lipinski definition) is 1. The molecule has 0 aliphatic rings. The number of anilines is 1. The Labute approximate surface area is 120 Å². The summed E-state index contributed by atoms with van der Waals surface area (Å²) >= 11 is 12.3. The maximum atomic E-state index is 6.23. The van der Waals surface area contributed by atoms with Gasteiger partial charge in [0.25, 0.3) is 0 Å². The fourth-order valence-electron chi connectivity index (χ4n) is 1.93. The van der Waals surface area contributed by atoms with E-state index in [9.17, 15) is 0 Å². The number of hydrogen-bond acceptors (Lipinski definition) is 3. The zero-order valence-electron chi connectivity index (χ0n) is 10.1. The molecule has 0 spiro atoms. The monoisotopic (exact) mass is 292 g/mol. The fraction of sp³-hybridized carbons (Fsp3) is 0.0769. The SMILES string of the molecule is CNc1nc(-n2cnc3ccccc32)c(Cl)cc1Cl. The average molecular weight is 293 g/mol. The molecule has 4 nitrogen and oxygen atoms in total. The minimum atomic E-state index is 0.479. The smallest absolute Gasteiger partial charge is 0.159 e. The van der Waals surface area contributed by atoms with Crippen LogP contribution < -0.4 is 5.32 Å². The van der Waals surface area contributed by atoms with Crippen molar-refractivity contribution in [2.45, 2.75) is 0 Å². The van der Waals surface area contributed by atoms with Crippen molar-refractivity contribution >= 4 is 40.1 Å². The van der Waals surface area contributed by atoms with E-state index in [0.717, 1.165) is 11.0 Å². The standard InChI is InChI=1S/C13H10Cl2N4/c1-16-12-8(14)6-9(15)13(18-12)19-7-17-10-4-2-3-5-11(10)19/h2-7H,1H3,(H,16,18). The van der Waals surface area contributed by atoms with Gasteiger partial charge in [-0.15, -0.1) is 0 Å². The van der Waals surface area contributed by atoms with Crippen LogP contribution >= 0.6 is 23.2 Å². The van der Waals surface area contributed by atoms with Crippen LogP contribution in [0.3, 0.4) is 0 Å². The average Bonchev–Trinajstić information content (AvgIpc) is 2.83. The molecule has 0 unspecified atom stereocenters. The number of fused-ring (bicyclic) bond motifs is 1. The number of rotatable bonds is 2. The summed E-state index contributed by atoms with van der Waals surface area (Å²) in [6, 6.07) is 9.47.